The lowest BCUT2D eigenvalue weighted by Gasteiger charge is -2.03. The summed E-state index contributed by atoms with van der Waals surface area (Å²) in [5.74, 6) is -1.30. The third kappa shape index (κ3) is 2.33. The molecule has 48 valence electrons. The monoisotopic (exact) mass is 160 g/mol. The molecule has 0 saturated heterocycles. The highest BCUT2D eigenvalue weighted by Gasteiger charge is 2.31. The van der Waals surface area contributed by atoms with Crippen LogP contribution in [0, 0.1) is 0 Å². The van der Waals surface area contributed by atoms with Crippen molar-refractivity contribution < 1.29 is 13.5 Å². The van der Waals surface area contributed by atoms with E-state index in [0.717, 1.165) is 6.92 Å². The maximum Gasteiger partial charge on any atom is 0.377 e. The molecule has 8 heavy (non-hydrogen) atoms. The van der Waals surface area contributed by atoms with E-state index in [-0.39, 0.29) is 0 Å². The van der Waals surface area contributed by atoms with Crippen molar-refractivity contribution in [1.82, 2.24) is 0 Å². The van der Waals surface area contributed by atoms with Crippen LogP contribution in [-0.2, 0) is 9.08 Å². The third-order valence-corrected chi connectivity index (χ3v) is 0.723. The average molecular weight is 161 g/mol. The minimum Gasteiger partial charge on any atom is -0.343 e. The number of alkyl halides is 2. The lowest BCUT2D eigenvalue weighted by atomic mass is 10.4. The Hall–Kier alpha value is -0.0200. The van der Waals surface area contributed by atoms with Gasteiger partial charge in [0.2, 0.25) is 0 Å². The topological polar surface area (TPSA) is 26.3 Å². The van der Waals surface area contributed by atoms with E-state index in [4.69, 9.17) is 11.6 Å². The molecule has 0 aromatic carbocycles. The van der Waals surface area contributed by atoms with Gasteiger partial charge in [0.25, 0.3) is 5.13 Å². The van der Waals surface area contributed by atoms with Crippen LogP contribution in [0.3, 0.4) is 0 Å². The zero-order valence-electron chi connectivity index (χ0n) is 3.95. The first-order valence-corrected chi connectivity index (χ1v) is 2.38. The molecule has 0 spiro atoms. The largest absolute Gasteiger partial charge is 0.377 e. The zero-order valence-corrected chi connectivity index (χ0v) is 5.46. The van der Waals surface area contributed by atoms with Crippen LogP contribution in [0.25, 0.3) is 0 Å². The number of rotatable bonds is 1. The Morgan fingerprint density at radius 2 is 2.25 bits per heavy atom. The summed E-state index contributed by atoms with van der Waals surface area (Å²) in [5, 5.41) is -2.51. The van der Waals surface area contributed by atoms with Gasteiger partial charge in [0, 0.05) is 0 Å². The Kier molecular flexibility index (Phi) is 2.50. The number of hydrogen-bond acceptors (Lipinski definition) is 2. The molecule has 0 radical (unpaired) electrons. The van der Waals surface area contributed by atoms with Gasteiger partial charge in [-0.2, -0.15) is 0 Å². The van der Waals surface area contributed by atoms with Crippen LogP contribution in [0.5, 0.6) is 0 Å². The van der Waals surface area contributed by atoms with E-state index in [9.17, 15) is 9.18 Å². The summed E-state index contributed by atoms with van der Waals surface area (Å²) in [7, 11) is 0. The molecule has 0 aromatic heterocycles. The second-order valence-corrected chi connectivity index (χ2v) is 2.12. The van der Waals surface area contributed by atoms with Crippen LogP contribution in [-0.4, -0.2) is 11.1 Å². The van der Waals surface area contributed by atoms with Crippen LogP contribution in [0.1, 0.15) is 6.92 Å². The molecule has 0 aromatic rings. The minimum atomic E-state index is -2.51. The molecule has 2 nitrogen and oxygen atoms in total. The van der Waals surface area contributed by atoms with Crippen molar-refractivity contribution >= 4 is 29.4 Å². The van der Waals surface area contributed by atoms with Gasteiger partial charge in [0.05, 0.1) is 0 Å². The smallest absolute Gasteiger partial charge is 0.343 e. The first-order chi connectivity index (χ1) is 3.48. The molecular weight excluding hydrogens is 158 g/mol. The Balaban J connectivity index is 3.82. The molecule has 0 rings (SSSR count). The van der Waals surface area contributed by atoms with Crippen LogP contribution in [0.2, 0.25) is 0 Å². The summed E-state index contributed by atoms with van der Waals surface area (Å²) in [6.07, 6.45) is 0. The van der Waals surface area contributed by atoms with E-state index in [2.05, 4.69) is 16.2 Å². The highest BCUT2D eigenvalue weighted by Crippen LogP contribution is 2.17. The van der Waals surface area contributed by atoms with E-state index in [1.807, 2.05) is 0 Å². The highest BCUT2D eigenvalue weighted by atomic mass is 35.5. The van der Waals surface area contributed by atoms with Crippen LogP contribution >= 0.6 is 23.5 Å². The van der Waals surface area contributed by atoms with Gasteiger partial charge in [-0.25, -0.2) is 9.18 Å². The molecule has 0 N–H and O–H groups in total. The van der Waals surface area contributed by atoms with E-state index >= 15 is 0 Å². The second kappa shape index (κ2) is 2.51. The Morgan fingerprint density at radius 1 is 1.88 bits per heavy atom. The molecule has 0 saturated carbocycles. The fraction of sp³-hybridized carbons (Fsp3) is 0.667. The summed E-state index contributed by atoms with van der Waals surface area (Å²) in [5.41, 5.74) is 0. The first kappa shape index (κ1) is 7.98. The fourth-order valence-electron chi connectivity index (χ4n) is 0.0677. The summed E-state index contributed by atoms with van der Waals surface area (Å²) in [6, 6.07) is 0. The molecule has 0 aliphatic rings. The van der Waals surface area contributed by atoms with E-state index in [1.165, 1.54) is 0 Å². The lowest BCUT2D eigenvalue weighted by Crippen LogP contribution is -2.22. The van der Waals surface area contributed by atoms with Crippen molar-refractivity contribution in [2.45, 2.75) is 12.1 Å². The van der Waals surface area contributed by atoms with Gasteiger partial charge in [-0.1, -0.05) is 11.6 Å². The van der Waals surface area contributed by atoms with Gasteiger partial charge in [0.15, 0.2) is 0 Å². The van der Waals surface area contributed by atoms with Crippen LogP contribution in [0.15, 0.2) is 0 Å². The van der Waals surface area contributed by atoms with Crippen molar-refractivity contribution in [3.8, 4) is 0 Å². The van der Waals surface area contributed by atoms with Crippen molar-refractivity contribution in [3.05, 3.63) is 0 Å². The minimum absolute atomic E-state index is 0.833. The van der Waals surface area contributed by atoms with Crippen molar-refractivity contribution in [1.29, 1.82) is 0 Å². The number of halogens is 3. The third-order valence-electron chi connectivity index (χ3n) is 0.429. The predicted molar refractivity (Wildman–Crippen MR) is 27.3 cm³/mol. The van der Waals surface area contributed by atoms with Gasteiger partial charge >= 0.3 is 5.97 Å². The maximum absolute atomic E-state index is 12.0. The molecule has 0 fully saturated rings. The molecule has 5 heteroatoms. The highest BCUT2D eigenvalue weighted by molar-refractivity contribution is 6.34. The van der Waals surface area contributed by atoms with E-state index in [0.29, 0.717) is 0 Å². The van der Waals surface area contributed by atoms with Gasteiger partial charge < -0.3 is 4.29 Å². The molecule has 0 bridgehead atoms. The standard InChI is InChI=1S/C3H3Cl2FO2/c1-3(4,6)2(7)8-5/h1H3. The molecule has 0 heterocycles. The quantitative estimate of drug-likeness (QED) is 0.546. The summed E-state index contributed by atoms with van der Waals surface area (Å²) < 4.78 is 15.4. The predicted octanol–water partition coefficient (Wildman–Crippen LogP) is 1.61. The SMILES string of the molecule is CC(F)(Cl)C(=O)OCl. The lowest BCUT2D eigenvalue weighted by molar-refractivity contribution is -0.141. The second-order valence-electron chi connectivity index (χ2n) is 1.25. The average Bonchev–Trinajstić information content (AvgIpc) is 1.62. The van der Waals surface area contributed by atoms with Gasteiger partial charge in [-0.05, 0) is 6.92 Å². The number of carbonyl (C=O) groups is 1. The number of carbonyl (C=O) groups excluding carboxylic acids is 1. The normalized spacial score (nSPS) is 17.0. The Labute approximate surface area is 55.7 Å². The fourth-order valence-corrected chi connectivity index (χ4v) is 0.291. The zero-order chi connectivity index (χ0) is 6.78. The van der Waals surface area contributed by atoms with E-state index < -0.39 is 11.1 Å². The summed E-state index contributed by atoms with van der Waals surface area (Å²) in [4.78, 5) is 9.97. The van der Waals surface area contributed by atoms with Crippen molar-refractivity contribution in [2.24, 2.45) is 0 Å². The van der Waals surface area contributed by atoms with Crippen molar-refractivity contribution in [2.75, 3.05) is 0 Å². The molecular formula is C3H3Cl2FO2. The molecule has 1 unspecified atom stereocenters. The maximum atomic E-state index is 12.0. The Morgan fingerprint density at radius 3 is 2.25 bits per heavy atom. The molecule has 0 aliphatic carbocycles. The van der Waals surface area contributed by atoms with E-state index in [1.54, 1.807) is 0 Å². The molecule has 0 amide bonds. The molecule has 1 atom stereocenters. The van der Waals surface area contributed by atoms with Gasteiger partial charge in [0.1, 0.15) is 11.9 Å². The Bertz CT molecular complexity index is 97.9. The number of hydrogen-bond donors (Lipinski definition) is 0. The molecule has 0 aliphatic heterocycles. The summed E-state index contributed by atoms with van der Waals surface area (Å²) >= 11 is 9.22. The van der Waals surface area contributed by atoms with Gasteiger partial charge in [-0.3, -0.25) is 0 Å². The summed E-state index contributed by atoms with van der Waals surface area (Å²) in [6.45, 7) is 0.833. The van der Waals surface area contributed by atoms with Crippen molar-refractivity contribution in [3.63, 3.8) is 0 Å². The van der Waals surface area contributed by atoms with Crippen LogP contribution < -0.4 is 0 Å². The first-order valence-electron chi connectivity index (χ1n) is 1.69. The van der Waals surface area contributed by atoms with Gasteiger partial charge in [-0.15, -0.1) is 0 Å². The van der Waals surface area contributed by atoms with Crippen LogP contribution in [0.4, 0.5) is 4.39 Å².